The van der Waals surface area contributed by atoms with Gasteiger partial charge in [-0.3, -0.25) is 0 Å². The maximum absolute atomic E-state index is 14.2. The fourth-order valence-corrected chi connectivity index (χ4v) is 2.48. The van der Waals surface area contributed by atoms with E-state index in [1.807, 2.05) is 6.92 Å². The minimum absolute atomic E-state index is 0.168. The van der Waals surface area contributed by atoms with E-state index in [1.165, 1.54) is 12.0 Å². The normalized spacial score (nSPS) is 24.3. The summed E-state index contributed by atoms with van der Waals surface area (Å²) in [7, 11) is 3.09. The van der Waals surface area contributed by atoms with Gasteiger partial charge in [-0.15, -0.1) is 0 Å². The van der Waals surface area contributed by atoms with Crippen molar-refractivity contribution in [2.75, 3.05) is 40.5 Å². The number of ether oxygens (including phenoxy) is 2. The zero-order valence-electron chi connectivity index (χ0n) is 11.7. The highest BCUT2D eigenvalue weighted by Gasteiger charge is 2.51. The molecule has 0 spiro atoms. The fourth-order valence-electron chi connectivity index (χ4n) is 2.48. The van der Waals surface area contributed by atoms with Gasteiger partial charge in [0, 0.05) is 39.9 Å². The molecule has 0 aliphatic carbocycles. The summed E-state index contributed by atoms with van der Waals surface area (Å²) in [6, 6.07) is -0.303. The van der Waals surface area contributed by atoms with Crippen LogP contribution in [0.4, 0.5) is 8.78 Å². The van der Waals surface area contributed by atoms with Crippen LogP contribution in [-0.2, 0) is 9.47 Å². The van der Waals surface area contributed by atoms with E-state index in [2.05, 4.69) is 0 Å². The molecule has 1 rings (SSSR count). The lowest BCUT2D eigenvalue weighted by Crippen LogP contribution is -2.53. The summed E-state index contributed by atoms with van der Waals surface area (Å²) in [4.78, 5) is 2.38. The van der Waals surface area contributed by atoms with Crippen LogP contribution in [0, 0.1) is 0 Å². The molecule has 1 aliphatic rings. The second kappa shape index (κ2) is 6.75. The Morgan fingerprint density at radius 1 is 1.28 bits per heavy atom. The van der Waals surface area contributed by atoms with Crippen LogP contribution in [0.2, 0.25) is 0 Å². The van der Waals surface area contributed by atoms with Gasteiger partial charge in [0.05, 0.1) is 12.7 Å². The van der Waals surface area contributed by atoms with Crippen LogP contribution >= 0.6 is 0 Å². The van der Waals surface area contributed by atoms with E-state index in [0.29, 0.717) is 19.7 Å². The van der Waals surface area contributed by atoms with Crippen molar-refractivity contribution in [3.05, 3.63) is 0 Å². The Bertz CT molecular complexity index is 250. The first-order valence-corrected chi connectivity index (χ1v) is 6.40. The molecule has 1 saturated heterocycles. The molecule has 18 heavy (non-hydrogen) atoms. The largest absolute Gasteiger partial charge is 0.383 e. The van der Waals surface area contributed by atoms with Crippen LogP contribution in [0.1, 0.15) is 20.3 Å². The number of alkyl halides is 2. The predicted octanol–water partition coefficient (Wildman–Crippen LogP) is 1.61. The summed E-state index contributed by atoms with van der Waals surface area (Å²) in [6.07, 6.45) is -2.36. The maximum atomic E-state index is 14.2. The summed E-state index contributed by atoms with van der Waals surface area (Å²) in [6.45, 7) is 5.03. The average molecular weight is 266 g/mol. The van der Waals surface area contributed by atoms with Gasteiger partial charge in [0.1, 0.15) is 0 Å². The lowest BCUT2D eigenvalue weighted by Gasteiger charge is -2.36. The van der Waals surface area contributed by atoms with E-state index in [1.54, 1.807) is 14.0 Å². The van der Waals surface area contributed by atoms with Crippen molar-refractivity contribution in [1.82, 2.24) is 9.80 Å². The highest BCUT2D eigenvalue weighted by Crippen LogP contribution is 2.33. The summed E-state index contributed by atoms with van der Waals surface area (Å²) >= 11 is 0. The van der Waals surface area contributed by atoms with Gasteiger partial charge in [-0.1, -0.05) is 6.92 Å². The Morgan fingerprint density at radius 3 is 2.44 bits per heavy atom. The SMILES string of the molecule is CCC(OC)C(C)N1CCN(CCOC)C1(F)F. The summed E-state index contributed by atoms with van der Waals surface area (Å²) < 4.78 is 38.6. The Labute approximate surface area is 108 Å². The van der Waals surface area contributed by atoms with Gasteiger partial charge >= 0.3 is 6.17 Å². The van der Waals surface area contributed by atoms with Crippen molar-refractivity contribution in [1.29, 1.82) is 0 Å². The molecule has 0 aromatic heterocycles. The van der Waals surface area contributed by atoms with Crippen LogP contribution in [0.5, 0.6) is 0 Å². The van der Waals surface area contributed by atoms with Crippen molar-refractivity contribution in [2.45, 2.75) is 38.6 Å². The highest BCUT2D eigenvalue weighted by molar-refractivity contribution is 4.87. The Morgan fingerprint density at radius 2 is 1.94 bits per heavy atom. The van der Waals surface area contributed by atoms with E-state index in [9.17, 15) is 8.78 Å². The van der Waals surface area contributed by atoms with Crippen LogP contribution in [0.3, 0.4) is 0 Å². The van der Waals surface area contributed by atoms with E-state index < -0.39 is 6.17 Å². The number of methoxy groups -OCH3 is 2. The van der Waals surface area contributed by atoms with Crippen LogP contribution in [-0.4, -0.2) is 68.6 Å². The molecule has 2 unspecified atom stereocenters. The van der Waals surface area contributed by atoms with E-state index in [4.69, 9.17) is 9.47 Å². The third kappa shape index (κ3) is 3.17. The molecule has 1 fully saturated rings. The summed E-state index contributed by atoms with van der Waals surface area (Å²) in [5.74, 6) is 0. The van der Waals surface area contributed by atoms with Gasteiger partial charge in [0.2, 0.25) is 0 Å². The zero-order chi connectivity index (χ0) is 13.8. The van der Waals surface area contributed by atoms with Crippen LogP contribution < -0.4 is 0 Å². The lowest BCUT2D eigenvalue weighted by atomic mass is 10.1. The first-order valence-electron chi connectivity index (χ1n) is 6.40. The molecule has 1 aliphatic heterocycles. The van der Waals surface area contributed by atoms with Crippen molar-refractivity contribution >= 4 is 0 Å². The van der Waals surface area contributed by atoms with Gasteiger partial charge < -0.3 is 9.47 Å². The molecular formula is C12H24F2N2O2. The third-order valence-corrected chi connectivity index (χ3v) is 3.64. The molecule has 0 radical (unpaired) electrons. The van der Waals surface area contributed by atoms with E-state index in [0.717, 1.165) is 11.3 Å². The minimum Gasteiger partial charge on any atom is -0.383 e. The smallest absolute Gasteiger partial charge is 0.370 e. The number of hydrogen-bond acceptors (Lipinski definition) is 4. The second-order valence-corrected chi connectivity index (χ2v) is 4.61. The first kappa shape index (κ1) is 15.8. The minimum atomic E-state index is -2.91. The monoisotopic (exact) mass is 266 g/mol. The molecule has 0 amide bonds. The van der Waals surface area contributed by atoms with Crippen molar-refractivity contribution in [2.24, 2.45) is 0 Å². The third-order valence-electron chi connectivity index (χ3n) is 3.64. The van der Waals surface area contributed by atoms with Crippen LogP contribution in [0.15, 0.2) is 0 Å². The van der Waals surface area contributed by atoms with E-state index >= 15 is 0 Å². The molecule has 0 bridgehead atoms. The van der Waals surface area contributed by atoms with Gasteiger partial charge in [-0.25, -0.2) is 9.80 Å². The average Bonchev–Trinajstić information content (AvgIpc) is 2.63. The molecule has 0 N–H and O–H groups in total. The maximum Gasteiger partial charge on any atom is 0.370 e. The molecule has 0 saturated carbocycles. The molecular weight excluding hydrogens is 242 g/mol. The summed E-state index contributed by atoms with van der Waals surface area (Å²) in [5, 5.41) is 0. The summed E-state index contributed by atoms with van der Waals surface area (Å²) in [5.41, 5.74) is 0. The lowest BCUT2D eigenvalue weighted by molar-refractivity contribution is -0.231. The highest BCUT2D eigenvalue weighted by atomic mass is 19.3. The molecule has 4 nitrogen and oxygen atoms in total. The second-order valence-electron chi connectivity index (χ2n) is 4.61. The van der Waals surface area contributed by atoms with Crippen LogP contribution in [0.25, 0.3) is 0 Å². The number of nitrogens with zero attached hydrogens (tertiary/aromatic N) is 2. The van der Waals surface area contributed by atoms with Gasteiger partial charge in [-0.05, 0) is 13.3 Å². The Kier molecular flexibility index (Phi) is 5.91. The van der Waals surface area contributed by atoms with Gasteiger partial charge in [-0.2, -0.15) is 8.78 Å². The molecule has 108 valence electrons. The van der Waals surface area contributed by atoms with Crippen molar-refractivity contribution < 1.29 is 18.3 Å². The molecule has 6 heteroatoms. The molecule has 1 heterocycles. The topological polar surface area (TPSA) is 24.9 Å². The zero-order valence-corrected chi connectivity index (χ0v) is 11.7. The van der Waals surface area contributed by atoms with Crippen molar-refractivity contribution in [3.8, 4) is 0 Å². The standard InChI is InChI=1S/C12H24F2N2O2/c1-5-11(18-4)10(2)16-7-6-15(8-9-17-3)12(16,13)14/h10-11H,5-9H2,1-4H3. The molecule has 0 aromatic carbocycles. The Hall–Kier alpha value is -0.300. The molecule has 0 aromatic rings. The molecule has 2 atom stereocenters. The number of rotatable bonds is 7. The number of hydrogen-bond donors (Lipinski definition) is 0. The van der Waals surface area contributed by atoms with Gasteiger partial charge in [0.25, 0.3) is 0 Å². The van der Waals surface area contributed by atoms with E-state index in [-0.39, 0.29) is 18.7 Å². The number of halogens is 2. The van der Waals surface area contributed by atoms with Gasteiger partial charge in [0.15, 0.2) is 0 Å². The predicted molar refractivity (Wildman–Crippen MR) is 65.7 cm³/mol. The quantitative estimate of drug-likeness (QED) is 0.654. The van der Waals surface area contributed by atoms with Crippen molar-refractivity contribution in [3.63, 3.8) is 0 Å². The Balaban J connectivity index is 2.68. The first-order chi connectivity index (χ1) is 8.48. The fraction of sp³-hybridized carbons (Fsp3) is 1.00.